The zero-order valence-corrected chi connectivity index (χ0v) is 35.8. The Kier molecular flexibility index (Phi) is 13.0. The van der Waals surface area contributed by atoms with Crippen molar-refractivity contribution in [1.29, 1.82) is 0 Å². The second kappa shape index (κ2) is 18.5. The summed E-state index contributed by atoms with van der Waals surface area (Å²) in [6.07, 6.45) is 11.5. The van der Waals surface area contributed by atoms with Gasteiger partial charge in [0, 0.05) is 70.2 Å². The molecule has 0 spiro atoms. The van der Waals surface area contributed by atoms with E-state index in [0.29, 0.717) is 85.3 Å². The van der Waals surface area contributed by atoms with E-state index in [1.807, 2.05) is 25.1 Å². The first-order chi connectivity index (χ1) is 28.6. The summed E-state index contributed by atoms with van der Waals surface area (Å²) in [4.78, 5) is 28.6. The molecule has 1 saturated carbocycles. The van der Waals surface area contributed by atoms with Gasteiger partial charge >= 0.3 is 0 Å². The molecule has 2 aromatic carbocycles. The van der Waals surface area contributed by atoms with Crippen LogP contribution in [0.4, 0.5) is 17.5 Å². The highest BCUT2D eigenvalue weighted by atomic mass is 35.5. The molecule has 1 unspecified atom stereocenters. The number of halogens is 1. The van der Waals surface area contributed by atoms with Crippen molar-refractivity contribution in [3.63, 3.8) is 0 Å². The molecular weight excluding hydrogens is 790 g/mol. The molecule has 316 valence electrons. The minimum atomic E-state index is -3.46. The lowest BCUT2D eigenvalue weighted by molar-refractivity contribution is 0.0133. The maximum atomic E-state index is 15.3. The fourth-order valence-corrected chi connectivity index (χ4v) is 10.8. The van der Waals surface area contributed by atoms with Gasteiger partial charge in [0.25, 0.3) is 5.91 Å². The number of morpholine rings is 1. The Bertz CT molecular complexity index is 2290. The Morgan fingerprint density at radius 2 is 1.92 bits per heavy atom. The summed E-state index contributed by atoms with van der Waals surface area (Å²) in [7, 11) is 0.120. The third-order valence-corrected chi connectivity index (χ3v) is 14.2. The third-order valence-electron chi connectivity index (χ3n) is 12.0. The lowest BCUT2D eigenvalue weighted by Crippen LogP contribution is -2.43. The van der Waals surface area contributed by atoms with E-state index in [4.69, 9.17) is 30.8 Å². The Morgan fingerprint density at radius 1 is 1.05 bits per heavy atom. The number of fused-ring (bicyclic) bond motifs is 4. The second-order valence-corrected chi connectivity index (χ2v) is 18.8. The Hall–Kier alpha value is -4.28. The van der Waals surface area contributed by atoms with Crippen molar-refractivity contribution in [2.75, 3.05) is 80.3 Å². The van der Waals surface area contributed by atoms with Gasteiger partial charge in [-0.2, -0.15) is 15.1 Å². The van der Waals surface area contributed by atoms with Gasteiger partial charge < -0.3 is 24.4 Å². The first-order valence-corrected chi connectivity index (χ1v) is 23.0. The van der Waals surface area contributed by atoms with Crippen LogP contribution in [-0.2, 0) is 39.4 Å². The molecule has 59 heavy (non-hydrogen) atoms. The van der Waals surface area contributed by atoms with Crippen LogP contribution in [0.15, 0.2) is 59.1 Å². The van der Waals surface area contributed by atoms with Gasteiger partial charge in [-0.05, 0) is 97.7 Å². The average molecular weight is 846 g/mol. The van der Waals surface area contributed by atoms with E-state index < -0.39 is 15.8 Å². The smallest absolute Gasteiger partial charge is 0.286 e. The van der Waals surface area contributed by atoms with E-state index in [2.05, 4.69) is 58.6 Å². The molecule has 1 saturated heterocycles. The molecule has 14 nitrogen and oxygen atoms in total. The zero-order valence-electron chi connectivity index (χ0n) is 34.3. The standard InChI is InChI=1S/C43H56ClN9O5S/c1-29-7-6-9-38(56-3)35-14-11-33(35)26-53-25-32-10-13-34(44)23-30(32)8-4-5-20-58-39-15-12-31(24-37(39)53)42(54)50-59(55,28-29)49-41-36-27-51(2)48-40(36)46-43(47-41)45-16-17-52-18-21-57-22-19-52/h6,9-10,12-13,15,23-24,27,29,33,35,38H,4-5,7-8,11,14,16-22,25-26,28H2,1-3H3,(H2,45,46,47,48,49,50,54,55)/b9-6+/t29-,33-,35+,38-,59?/m0/s1. The molecule has 1 aliphatic carbocycles. The SMILES string of the molecule is CO[C@H]1/C=C/C[C@H](C)CS(=O)(Nc2nc(NCCN3CCOCC3)nc3nn(C)cc23)=NC(=O)c2ccc3c(c2)N(Cc2ccc(Cl)cc2CCCCO3)C[C@@H]2CC[C@H]21. The van der Waals surface area contributed by atoms with Crippen molar-refractivity contribution in [3.05, 3.63) is 76.5 Å². The zero-order chi connectivity index (χ0) is 40.9. The predicted molar refractivity (Wildman–Crippen MR) is 233 cm³/mol. The molecule has 0 radical (unpaired) electrons. The van der Waals surface area contributed by atoms with Gasteiger partial charge in [0.05, 0.1) is 42.8 Å². The number of carbonyl (C=O) groups excluding carboxylic acids is 1. The van der Waals surface area contributed by atoms with Gasteiger partial charge in [-0.1, -0.05) is 36.7 Å². The number of aromatic nitrogens is 4. The number of carbonyl (C=O) groups is 1. The van der Waals surface area contributed by atoms with Crippen molar-refractivity contribution in [1.82, 2.24) is 24.6 Å². The highest BCUT2D eigenvalue weighted by molar-refractivity contribution is 7.95. The number of ether oxygens (including phenoxy) is 3. The van der Waals surface area contributed by atoms with Crippen molar-refractivity contribution in [2.45, 2.75) is 58.1 Å². The summed E-state index contributed by atoms with van der Waals surface area (Å²) in [6.45, 7) is 8.48. The maximum Gasteiger partial charge on any atom is 0.286 e. The number of methoxy groups -OCH3 is 1. The Morgan fingerprint density at radius 3 is 2.73 bits per heavy atom. The maximum absolute atomic E-state index is 15.3. The number of aryl methyl sites for hydroxylation is 2. The summed E-state index contributed by atoms with van der Waals surface area (Å²) in [5.74, 6) is 1.46. The number of hydrogen-bond acceptors (Lipinski definition) is 11. The van der Waals surface area contributed by atoms with Crippen LogP contribution in [0.2, 0.25) is 5.02 Å². The van der Waals surface area contributed by atoms with E-state index in [0.717, 1.165) is 69.0 Å². The van der Waals surface area contributed by atoms with Crippen LogP contribution in [0.1, 0.15) is 60.5 Å². The molecule has 1 amide bonds. The minimum absolute atomic E-state index is 0.0614. The topological polar surface area (TPSA) is 148 Å². The first kappa shape index (κ1) is 41.5. The number of nitrogens with one attached hydrogen (secondary N) is 2. The van der Waals surface area contributed by atoms with Gasteiger partial charge in [0.15, 0.2) is 11.5 Å². The monoisotopic (exact) mass is 845 g/mol. The van der Waals surface area contributed by atoms with Gasteiger partial charge in [-0.15, -0.1) is 4.36 Å². The van der Waals surface area contributed by atoms with E-state index in [-0.39, 0.29) is 17.8 Å². The lowest BCUT2D eigenvalue weighted by Gasteiger charge is -2.43. The summed E-state index contributed by atoms with van der Waals surface area (Å²) < 4.78 is 42.7. The van der Waals surface area contributed by atoms with Gasteiger partial charge in [0.1, 0.15) is 15.7 Å². The van der Waals surface area contributed by atoms with Crippen LogP contribution in [-0.4, -0.2) is 106 Å². The van der Waals surface area contributed by atoms with Crippen LogP contribution in [0.5, 0.6) is 5.75 Å². The number of rotatable bonds is 7. The summed E-state index contributed by atoms with van der Waals surface area (Å²) >= 11 is 6.52. The molecule has 2 aromatic heterocycles. The van der Waals surface area contributed by atoms with Crippen LogP contribution < -0.4 is 19.7 Å². The minimum Gasteiger partial charge on any atom is -0.491 e. The van der Waals surface area contributed by atoms with Crippen LogP contribution in [0.25, 0.3) is 11.0 Å². The molecule has 2 N–H and O–H groups in total. The van der Waals surface area contributed by atoms with Crippen LogP contribution in [0.3, 0.4) is 0 Å². The fraction of sp³-hybridized carbons (Fsp3) is 0.535. The van der Waals surface area contributed by atoms with Gasteiger partial charge in [0.2, 0.25) is 5.95 Å². The number of anilines is 3. The normalized spacial score (nSPS) is 26.3. The number of nitrogens with zero attached hydrogens (tertiary/aromatic N) is 7. The molecule has 16 heteroatoms. The fourth-order valence-electron chi connectivity index (χ4n) is 8.65. The second-order valence-electron chi connectivity index (χ2n) is 16.4. The van der Waals surface area contributed by atoms with E-state index in [1.54, 1.807) is 31.1 Å². The summed E-state index contributed by atoms with van der Waals surface area (Å²) in [6, 6.07) is 11.6. The largest absolute Gasteiger partial charge is 0.491 e. The Balaban J connectivity index is 1.18. The molecule has 8 rings (SSSR count). The van der Waals surface area contributed by atoms with E-state index in [9.17, 15) is 4.79 Å². The predicted octanol–water partition coefficient (Wildman–Crippen LogP) is 6.76. The summed E-state index contributed by atoms with van der Waals surface area (Å²) in [5, 5.41) is 9.18. The van der Waals surface area contributed by atoms with E-state index >= 15 is 4.21 Å². The molecule has 2 fully saturated rings. The number of amides is 1. The number of allylic oxidation sites excluding steroid dienone is 1. The molecule has 4 aliphatic rings. The summed E-state index contributed by atoms with van der Waals surface area (Å²) in [5.41, 5.74) is 3.99. The van der Waals surface area contributed by atoms with Crippen molar-refractivity contribution in [3.8, 4) is 5.75 Å². The highest BCUT2D eigenvalue weighted by Crippen LogP contribution is 2.42. The number of hydrogen-bond donors (Lipinski definition) is 2. The van der Waals surface area contributed by atoms with Crippen molar-refractivity contribution in [2.24, 2.45) is 29.2 Å². The van der Waals surface area contributed by atoms with E-state index in [1.165, 1.54) is 11.1 Å². The van der Waals surface area contributed by atoms with Crippen molar-refractivity contribution < 1.29 is 23.2 Å². The molecule has 4 aromatic rings. The van der Waals surface area contributed by atoms with Gasteiger partial charge in [-0.3, -0.25) is 19.1 Å². The van der Waals surface area contributed by atoms with Gasteiger partial charge in [-0.25, -0.2) is 4.21 Å². The molecule has 5 heterocycles. The molecule has 3 aliphatic heterocycles. The van der Waals surface area contributed by atoms with Crippen molar-refractivity contribution >= 4 is 55.9 Å². The quantitative estimate of drug-likeness (QED) is 0.190. The molecular formula is C43H56ClN9O5S. The van der Waals surface area contributed by atoms with Crippen LogP contribution in [0, 0.1) is 17.8 Å². The lowest BCUT2D eigenvalue weighted by atomic mass is 9.70. The number of benzene rings is 2. The molecule has 5 atom stereocenters. The Labute approximate surface area is 352 Å². The third kappa shape index (κ3) is 10.0. The molecule has 2 bridgehead atoms. The highest BCUT2D eigenvalue weighted by Gasteiger charge is 2.38. The van der Waals surface area contributed by atoms with Crippen LogP contribution >= 0.6 is 11.6 Å². The average Bonchev–Trinajstić information content (AvgIpc) is 3.58. The first-order valence-electron chi connectivity index (χ1n) is 20.9.